The second-order valence-corrected chi connectivity index (χ2v) is 22.7. The Morgan fingerprint density at radius 2 is 0.630 bits per heavy atom. The van der Waals surface area contributed by atoms with E-state index in [-0.39, 0.29) is 10.1 Å². The molecule has 46 heavy (non-hydrogen) atoms. The average molecular weight is 647 g/mol. The minimum Gasteiger partial charge on any atom is -0.407 e. The zero-order valence-corrected chi connectivity index (χ0v) is 30.9. The zero-order chi connectivity index (χ0) is 32.9. The van der Waals surface area contributed by atoms with Gasteiger partial charge in [0.15, 0.2) is 0 Å². The highest BCUT2D eigenvalue weighted by Gasteiger charge is 2.51. The van der Waals surface area contributed by atoms with E-state index in [1.54, 1.807) is 0 Å². The van der Waals surface area contributed by atoms with Gasteiger partial charge in [0.25, 0.3) is 16.6 Å². The Kier molecular flexibility index (Phi) is 12.8. The minimum absolute atomic E-state index is 0.00511. The average Bonchev–Trinajstić information content (AvgIpc) is 3.05. The van der Waals surface area contributed by atoms with Crippen molar-refractivity contribution in [3.8, 4) is 0 Å². The van der Waals surface area contributed by atoms with E-state index in [2.05, 4.69) is 187 Å². The van der Waals surface area contributed by atoms with Gasteiger partial charge >= 0.3 is 0 Å². The molecule has 0 atom stereocenters. The molecule has 0 bridgehead atoms. The first kappa shape index (κ1) is 35.6. The molecule has 0 aromatic heterocycles. The molecule has 0 radical (unpaired) electrons. The van der Waals surface area contributed by atoms with Crippen molar-refractivity contribution < 1.29 is 8.85 Å². The number of benzene rings is 4. The highest BCUT2D eigenvalue weighted by molar-refractivity contribution is 7.00. The molecule has 4 rings (SSSR count). The third-order valence-electron chi connectivity index (χ3n) is 8.87. The summed E-state index contributed by atoms with van der Waals surface area (Å²) in [5.41, 5.74) is 0. The van der Waals surface area contributed by atoms with Crippen LogP contribution in [0, 0.1) is 0 Å². The monoisotopic (exact) mass is 646 g/mol. The Morgan fingerprint density at radius 3 is 0.870 bits per heavy atom. The first-order valence-electron chi connectivity index (χ1n) is 16.9. The van der Waals surface area contributed by atoms with Gasteiger partial charge in [-0.2, -0.15) is 0 Å². The second kappa shape index (κ2) is 16.5. The Labute approximate surface area is 281 Å². The van der Waals surface area contributed by atoms with Gasteiger partial charge in [0.05, 0.1) is 0 Å². The molecule has 0 aliphatic carbocycles. The van der Waals surface area contributed by atoms with Crippen LogP contribution in [0.4, 0.5) is 0 Å². The maximum atomic E-state index is 7.02. The van der Waals surface area contributed by atoms with E-state index >= 15 is 0 Å². The SMILES string of the molecule is CC(C)(C)[Si](OCC/C=C/CC/C=C/CCO[Si](c1ccccc1)(c1ccccc1)C(C)(C)C)(c1ccccc1)c1ccccc1. The molecule has 242 valence electrons. The van der Waals surface area contributed by atoms with Gasteiger partial charge in [0.1, 0.15) is 0 Å². The third-order valence-corrected chi connectivity index (χ3v) is 19.0. The normalized spacial score (nSPS) is 13.1. The predicted octanol–water partition coefficient (Wildman–Crippen LogP) is 8.81. The number of rotatable bonds is 15. The lowest BCUT2D eigenvalue weighted by Gasteiger charge is -2.43. The van der Waals surface area contributed by atoms with Gasteiger partial charge in [-0.05, 0) is 56.5 Å². The Morgan fingerprint density at radius 1 is 0.391 bits per heavy atom. The summed E-state index contributed by atoms with van der Waals surface area (Å²) in [5, 5.41) is 5.35. The lowest BCUT2D eigenvalue weighted by molar-refractivity contribution is 0.304. The Hall–Kier alpha value is -3.29. The van der Waals surface area contributed by atoms with Crippen molar-refractivity contribution in [3.63, 3.8) is 0 Å². The van der Waals surface area contributed by atoms with Crippen LogP contribution in [0.2, 0.25) is 10.1 Å². The van der Waals surface area contributed by atoms with Gasteiger partial charge in [0, 0.05) is 13.2 Å². The maximum Gasteiger partial charge on any atom is 0.261 e. The summed E-state index contributed by atoms with van der Waals surface area (Å²) in [5.74, 6) is 0. The molecule has 4 aromatic rings. The summed E-state index contributed by atoms with van der Waals surface area (Å²) < 4.78 is 14.0. The molecule has 0 aliphatic heterocycles. The van der Waals surface area contributed by atoms with Gasteiger partial charge in [-0.15, -0.1) is 0 Å². The first-order chi connectivity index (χ1) is 22.1. The fourth-order valence-electron chi connectivity index (χ4n) is 6.75. The Bertz CT molecular complexity index is 1290. The summed E-state index contributed by atoms with van der Waals surface area (Å²) >= 11 is 0. The fourth-order valence-corrected chi connectivity index (χ4v) is 15.9. The van der Waals surface area contributed by atoms with E-state index in [0.717, 1.165) is 38.9 Å². The van der Waals surface area contributed by atoms with Crippen molar-refractivity contribution in [3.05, 3.63) is 146 Å². The smallest absolute Gasteiger partial charge is 0.261 e. The van der Waals surface area contributed by atoms with E-state index in [4.69, 9.17) is 8.85 Å². The lowest BCUT2D eigenvalue weighted by atomic mass is 10.2. The highest BCUT2D eigenvalue weighted by atomic mass is 28.4. The van der Waals surface area contributed by atoms with Crippen LogP contribution < -0.4 is 20.7 Å². The quantitative estimate of drug-likeness (QED) is 0.0730. The van der Waals surface area contributed by atoms with Crippen molar-refractivity contribution in [2.24, 2.45) is 0 Å². The molecular weight excluding hydrogens is 593 g/mol. The standard InChI is InChI=1S/C42H54O2Si2/c1-41(2,3)45(37-27-17-13-18-28-37,38-29-19-14-20-30-38)43-35-25-11-9-7-8-10-12-26-36-44-46(42(4,5)6,39-31-21-15-22-32-39)40-33-23-16-24-34-40/h9-24,27-34H,7-8,25-26,35-36H2,1-6H3/b11-9+,12-10+. The summed E-state index contributed by atoms with van der Waals surface area (Å²) in [6.45, 7) is 15.4. The fraction of sp³-hybridized carbons (Fsp3) is 0.333. The van der Waals surface area contributed by atoms with Crippen LogP contribution in [-0.4, -0.2) is 29.8 Å². The molecule has 4 heteroatoms. The molecule has 0 amide bonds. The van der Waals surface area contributed by atoms with Crippen molar-refractivity contribution in [1.82, 2.24) is 0 Å². The van der Waals surface area contributed by atoms with E-state index in [9.17, 15) is 0 Å². The number of hydrogen-bond donors (Lipinski definition) is 0. The molecule has 0 N–H and O–H groups in total. The van der Waals surface area contributed by atoms with E-state index in [0.29, 0.717) is 0 Å². The van der Waals surface area contributed by atoms with Crippen LogP contribution in [0.25, 0.3) is 0 Å². The zero-order valence-electron chi connectivity index (χ0n) is 28.9. The summed E-state index contributed by atoms with van der Waals surface area (Å²) in [6.07, 6.45) is 13.1. The molecule has 0 heterocycles. The highest BCUT2D eigenvalue weighted by Crippen LogP contribution is 2.38. The molecule has 0 aliphatic rings. The molecule has 0 spiro atoms. The van der Waals surface area contributed by atoms with Crippen molar-refractivity contribution in [1.29, 1.82) is 0 Å². The molecule has 0 saturated heterocycles. The number of allylic oxidation sites excluding steroid dienone is 2. The molecular formula is C42H54O2Si2. The minimum atomic E-state index is -2.47. The summed E-state index contributed by atoms with van der Waals surface area (Å²) in [6, 6.07) is 43.6. The number of unbranched alkanes of at least 4 members (excludes halogenated alkanes) is 1. The van der Waals surface area contributed by atoms with E-state index in [1.807, 2.05) is 0 Å². The van der Waals surface area contributed by atoms with Crippen molar-refractivity contribution in [2.45, 2.75) is 77.3 Å². The second-order valence-electron chi connectivity index (χ2n) is 14.1. The molecule has 0 saturated carbocycles. The molecule has 0 unspecified atom stereocenters. The molecule has 2 nitrogen and oxygen atoms in total. The summed E-state index contributed by atoms with van der Waals surface area (Å²) in [4.78, 5) is 0. The van der Waals surface area contributed by atoms with Crippen LogP contribution in [0.5, 0.6) is 0 Å². The van der Waals surface area contributed by atoms with E-state index in [1.165, 1.54) is 20.7 Å². The van der Waals surface area contributed by atoms with E-state index < -0.39 is 16.6 Å². The van der Waals surface area contributed by atoms with Gasteiger partial charge in [-0.25, -0.2) is 0 Å². The largest absolute Gasteiger partial charge is 0.407 e. The molecule has 4 aromatic carbocycles. The van der Waals surface area contributed by atoms with Crippen LogP contribution in [0.15, 0.2) is 146 Å². The Balaban J connectivity index is 1.30. The number of hydrogen-bond acceptors (Lipinski definition) is 2. The third kappa shape index (κ3) is 8.35. The predicted molar refractivity (Wildman–Crippen MR) is 204 cm³/mol. The van der Waals surface area contributed by atoms with Gasteiger partial charge in [-0.1, -0.05) is 187 Å². The maximum absolute atomic E-state index is 7.02. The van der Waals surface area contributed by atoms with Crippen LogP contribution >= 0.6 is 0 Å². The summed E-state index contributed by atoms with van der Waals surface area (Å²) in [7, 11) is -4.93. The lowest BCUT2D eigenvalue weighted by Crippen LogP contribution is -2.66. The molecule has 0 fully saturated rings. The van der Waals surface area contributed by atoms with Crippen molar-refractivity contribution in [2.75, 3.05) is 13.2 Å². The van der Waals surface area contributed by atoms with Crippen LogP contribution in [0.1, 0.15) is 67.2 Å². The van der Waals surface area contributed by atoms with Gasteiger partial charge in [0.2, 0.25) is 0 Å². The van der Waals surface area contributed by atoms with Gasteiger partial charge < -0.3 is 8.85 Å². The topological polar surface area (TPSA) is 18.5 Å². The first-order valence-corrected chi connectivity index (χ1v) is 20.7. The van der Waals surface area contributed by atoms with Gasteiger partial charge in [-0.3, -0.25) is 0 Å². The van der Waals surface area contributed by atoms with Crippen molar-refractivity contribution >= 4 is 37.4 Å². The van der Waals surface area contributed by atoms with Crippen LogP contribution in [-0.2, 0) is 8.85 Å². The van der Waals surface area contributed by atoms with Crippen LogP contribution in [0.3, 0.4) is 0 Å².